The highest BCUT2D eigenvalue weighted by molar-refractivity contribution is 5.71. The maximum Gasteiger partial charge on any atom is 0.306 e. The first-order valence-corrected chi connectivity index (χ1v) is 29.2. The van der Waals surface area contributed by atoms with Gasteiger partial charge in [-0.05, 0) is 31.1 Å². The molecular weight excluding hydrogens is 805 g/mol. The van der Waals surface area contributed by atoms with Crippen LogP contribution in [0.1, 0.15) is 330 Å². The van der Waals surface area contributed by atoms with Crippen LogP contribution < -0.4 is 0 Å². The topological polar surface area (TPSA) is 78.9 Å². The fraction of sp³-hybridized carbons (Fsp3) is 0.949. The summed E-state index contributed by atoms with van der Waals surface area (Å²) in [4.78, 5) is 38.1. The molecule has 0 aromatic heterocycles. The lowest BCUT2D eigenvalue weighted by atomic mass is 10.0. The summed E-state index contributed by atoms with van der Waals surface area (Å²) in [6, 6.07) is 0. The number of carbonyl (C=O) groups excluding carboxylic acids is 3. The van der Waals surface area contributed by atoms with Gasteiger partial charge in [0, 0.05) is 19.3 Å². The van der Waals surface area contributed by atoms with Gasteiger partial charge in [-0.2, -0.15) is 0 Å². The Kier molecular flexibility index (Phi) is 50.5. The van der Waals surface area contributed by atoms with E-state index in [4.69, 9.17) is 14.2 Å². The third-order valence-corrected chi connectivity index (χ3v) is 13.5. The van der Waals surface area contributed by atoms with Gasteiger partial charge in [0.25, 0.3) is 0 Å². The van der Waals surface area contributed by atoms with Crippen molar-refractivity contribution in [2.75, 3.05) is 13.2 Å². The Morgan fingerprint density at radius 1 is 0.292 bits per heavy atom. The molecule has 65 heavy (non-hydrogen) atoms. The van der Waals surface area contributed by atoms with Crippen LogP contribution in [-0.2, 0) is 28.6 Å². The Bertz CT molecular complexity index is 993. The van der Waals surface area contributed by atoms with Crippen molar-refractivity contribution in [2.24, 2.45) is 11.8 Å². The summed E-state index contributed by atoms with van der Waals surface area (Å²) < 4.78 is 16.9. The molecule has 0 aromatic carbocycles. The second-order valence-corrected chi connectivity index (χ2v) is 21.2. The molecule has 0 aromatic rings. The molecule has 0 rings (SSSR count). The van der Waals surface area contributed by atoms with Gasteiger partial charge in [0.15, 0.2) is 6.10 Å². The minimum Gasteiger partial charge on any atom is -0.462 e. The summed E-state index contributed by atoms with van der Waals surface area (Å²) in [5.41, 5.74) is 0. The molecular formula is C59H114O6. The van der Waals surface area contributed by atoms with E-state index in [1.54, 1.807) is 0 Å². The molecule has 0 aliphatic carbocycles. The highest BCUT2D eigenvalue weighted by atomic mass is 16.6. The van der Waals surface area contributed by atoms with Crippen LogP contribution in [0.4, 0.5) is 0 Å². The van der Waals surface area contributed by atoms with Gasteiger partial charge in [-0.3, -0.25) is 14.4 Å². The van der Waals surface area contributed by atoms with Crippen molar-refractivity contribution in [3.63, 3.8) is 0 Å². The van der Waals surface area contributed by atoms with Gasteiger partial charge in [0.2, 0.25) is 0 Å². The van der Waals surface area contributed by atoms with E-state index in [-0.39, 0.29) is 31.1 Å². The third kappa shape index (κ3) is 53.2. The van der Waals surface area contributed by atoms with E-state index in [0.717, 1.165) is 69.6 Å². The molecule has 0 N–H and O–H groups in total. The normalized spacial score (nSPS) is 12.0. The Balaban J connectivity index is 4.23. The maximum atomic E-state index is 12.8. The fourth-order valence-corrected chi connectivity index (χ4v) is 9.05. The minimum atomic E-state index is -0.762. The number of ether oxygens (including phenoxy) is 3. The Labute approximate surface area is 406 Å². The molecule has 0 saturated carbocycles. The number of esters is 3. The number of hydrogen-bond donors (Lipinski definition) is 0. The summed E-state index contributed by atoms with van der Waals surface area (Å²) in [5, 5.41) is 0. The number of carbonyl (C=O) groups is 3. The highest BCUT2D eigenvalue weighted by Crippen LogP contribution is 2.18. The standard InChI is InChI=1S/C59H114O6/c1-6-7-8-9-10-11-12-24-29-34-39-44-49-57(60)63-52-56(65-59(62)51-46-41-36-31-26-21-23-28-33-38-43-48-55(4)5)53-64-58(61)50-45-40-35-30-25-20-18-16-14-13-15-17-19-22-27-32-37-42-47-54(2)3/h54-56H,6-53H2,1-5H3/t56-/m0/s1. The lowest BCUT2D eigenvalue weighted by molar-refractivity contribution is -0.167. The van der Waals surface area contributed by atoms with E-state index in [1.165, 1.54) is 218 Å². The summed E-state index contributed by atoms with van der Waals surface area (Å²) >= 11 is 0. The van der Waals surface area contributed by atoms with Crippen LogP contribution in [0.2, 0.25) is 0 Å². The van der Waals surface area contributed by atoms with E-state index in [9.17, 15) is 14.4 Å². The average molecular weight is 920 g/mol. The van der Waals surface area contributed by atoms with Crippen molar-refractivity contribution >= 4 is 17.9 Å². The summed E-state index contributed by atoms with van der Waals surface area (Å²) in [6.45, 7) is 11.4. The Hall–Kier alpha value is -1.59. The van der Waals surface area contributed by atoms with E-state index < -0.39 is 6.10 Å². The second kappa shape index (κ2) is 51.8. The highest BCUT2D eigenvalue weighted by Gasteiger charge is 2.19. The van der Waals surface area contributed by atoms with Crippen molar-refractivity contribution in [3.05, 3.63) is 0 Å². The lowest BCUT2D eigenvalue weighted by Crippen LogP contribution is -2.30. The zero-order valence-electron chi connectivity index (χ0n) is 44.6. The molecule has 386 valence electrons. The average Bonchev–Trinajstić information content (AvgIpc) is 3.28. The molecule has 1 atom stereocenters. The van der Waals surface area contributed by atoms with E-state index in [1.807, 2.05) is 0 Å². The van der Waals surface area contributed by atoms with Crippen LogP contribution in [0.3, 0.4) is 0 Å². The molecule has 0 amide bonds. The molecule has 0 bridgehead atoms. The number of rotatable bonds is 53. The van der Waals surface area contributed by atoms with Crippen LogP contribution in [0.15, 0.2) is 0 Å². The lowest BCUT2D eigenvalue weighted by Gasteiger charge is -2.18. The molecule has 0 fully saturated rings. The van der Waals surface area contributed by atoms with Crippen LogP contribution in [0.25, 0.3) is 0 Å². The van der Waals surface area contributed by atoms with Crippen LogP contribution in [-0.4, -0.2) is 37.2 Å². The number of hydrogen-bond acceptors (Lipinski definition) is 6. The van der Waals surface area contributed by atoms with E-state index >= 15 is 0 Å². The zero-order chi connectivity index (χ0) is 47.5. The summed E-state index contributed by atoms with van der Waals surface area (Å²) in [5.74, 6) is 0.844. The van der Waals surface area contributed by atoms with Crippen LogP contribution >= 0.6 is 0 Å². The zero-order valence-corrected chi connectivity index (χ0v) is 44.6. The first kappa shape index (κ1) is 63.4. The summed E-state index contributed by atoms with van der Waals surface area (Å²) in [6.07, 6.45) is 55.3. The Morgan fingerprint density at radius 3 is 0.754 bits per heavy atom. The van der Waals surface area contributed by atoms with Crippen molar-refractivity contribution < 1.29 is 28.6 Å². The first-order valence-electron chi connectivity index (χ1n) is 29.2. The van der Waals surface area contributed by atoms with Crippen molar-refractivity contribution in [3.8, 4) is 0 Å². The minimum absolute atomic E-state index is 0.0626. The Morgan fingerprint density at radius 2 is 0.508 bits per heavy atom. The maximum absolute atomic E-state index is 12.8. The summed E-state index contributed by atoms with van der Waals surface area (Å²) in [7, 11) is 0. The number of unbranched alkanes of at least 4 members (excludes halogenated alkanes) is 38. The fourth-order valence-electron chi connectivity index (χ4n) is 9.05. The van der Waals surface area contributed by atoms with Crippen molar-refractivity contribution in [2.45, 2.75) is 336 Å². The molecule has 0 heterocycles. The molecule has 0 radical (unpaired) electrons. The first-order chi connectivity index (χ1) is 31.7. The molecule has 0 aliphatic heterocycles. The van der Waals surface area contributed by atoms with Gasteiger partial charge in [0.05, 0.1) is 0 Å². The van der Waals surface area contributed by atoms with Crippen molar-refractivity contribution in [1.82, 2.24) is 0 Å². The predicted octanol–water partition coefficient (Wildman–Crippen LogP) is 19.3. The molecule has 6 heteroatoms. The quantitative estimate of drug-likeness (QED) is 0.0344. The van der Waals surface area contributed by atoms with Crippen LogP contribution in [0, 0.1) is 11.8 Å². The van der Waals surface area contributed by atoms with E-state index in [0.29, 0.717) is 19.3 Å². The van der Waals surface area contributed by atoms with Gasteiger partial charge >= 0.3 is 17.9 Å². The second-order valence-electron chi connectivity index (χ2n) is 21.2. The van der Waals surface area contributed by atoms with Gasteiger partial charge in [-0.15, -0.1) is 0 Å². The predicted molar refractivity (Wildman–Crippen MR) is 280 cm³/mol. The van der Waals surface area contributed by atoms with Gasteiger partial charge in [0.1, 0.15) is 13.2 Å². The molecule has 0 unspecified atom stereocenters. The van der Waals surface area contributed by atoms with Gasteiger partial charge in [-0.1, -0.05) is 291 Å². The monoisotopic (exact) mass is 919 g/mol. The smallest absolute Gasteiger partial charge is 0.306 e. The SMILES string of the molecule is CCCCCCCCCCCCCCC(=O)OC[C@@H](COC(=O)CCCCCCCCCCCCCCCCCCCCC(C)C)OC(=O)CCCCCCCCCCCCCC(C)C. The molecule has 0 saturated heterocycles. The molecule has 0 aliphatic rings. The van der Waals surface area contributed by atoms with Crippen molar-refractivity contribution in [1.29, 1.82) is 0 Å². The van der Waals surface area contributed by atoms with Crippen LogP contribution in [0.5, 0.6) is 0 Å². The molecule has 0 spiro atoms. The van der Waals surface area contributed by atoms with Gasteiger partial charge in [-0.25, -0.2) is 0 Å². The van der Waals surface area contributed by atoms with Gasteiger partial charge < -0.3 is 14.2 Å². The van der Waals surface area contributed by atoms with E-state index in [2.05, 4.69) is 34.6 Å². The molecule has 6 nitrogen and oxygen atoms in total. The third-order valence-electron chi connectivity index (χ3n) is 13.5. The largest absolute Gasteiger partial charge is 0.462 e.